The lowest BCUT2D eigenvalue weighted by Gasteiger charge is -2.27. The zero-order valence-electron chi connectivity index (χ0n) is 16.5. The summed E-state index contributed by atoms with van der Waals surface area (Å²) in [6.07, 6.45) is 1.71. The van der Waals surface area contributed by atoms with Crippen LogP contribution in [0.2, 0.25) is 0 Å². The second kappa shape index (κ2) is 8.66. The molecule has 0 unspecified atom stereocenters. The van der Waals surface area contributed by atoms with Gasteiger partial charge < -0.3 is 15.1 Å². The van der Waals surface area contributed by atoms with Gasteiger partial charge in [-0.1, -0.05) is 0 Å². The highest BCUT2D eigenvalue weighted by Crippen LogP contribution is 2.38. The summed E-state index contributed by atoms with van der Waals surface area (Å²) in [6.45, 7) is 5.06. The number of nitrogens with one attached hydrogen (secondary N) is 2. The third-order valence-electron chi connectivity index (χ3n) is 4.54. The summed E-state index contributed by atoms with van der Waals surface area (Å²) in [5, 5.41) is 5.49. The molecule has 2 aromatic heterocycles. The number of rotatable bonds is 7. The van der Waals surface area contributed by atoms with Crippen LogP contribution in [0.15, 0.2) is 20.5 Å². The van der Waals surface area contributed by atoms with E-state index in [0.717, 1.165) is 25.4 Å². The molecule has 3 rings (SSSR count). The molecule has 11 heteroatoms. The maximum Gasteiger partial charge on any atom is 0.325 e. The van der Waals surface area contributed by atoms with Crippen molar-refractivity contribution in [3.8, 4) is 10.6 Å². The zero-order valence-corrected chi connectivity index (χ0v) is 20.5. The molecule has 0 radical (unpaired) electrons. The summed E-state index contributed by atoms with van der Waals surface area (Å²) in [5.74, 6) is 0.173. The first-order valence-electron chi connectivity index (χ1n) is 8.92. The highest BCUT2D eigenvalue weighted by molar-refractivity contribution is 9.11. The minimum atomic E-state index is -0.865. The number of nitrogens with zero attached hydrogens (tertiary/aromatic N) is 4. The van der Waals surface area contributed by atoms with Crippen molar-refractivity contribution >= 4 is 61.1 Å². The molecule has 156 valence electrons. The number of amides is 3. The number of urea groups is 1. The molecule has 3 amide bonds. The van der Waals surface area contributed by atoms with Gasteiger partial charge in [0.2, 0.25) is 5.95 Å². The molecule has 0 atom stereocenters. The van der Waals surface area contributed by atoms with Gasteiger partial charge >= 0.3 is 6.03 Å². The van der Waals surface area contributed by atoms with E-state index < -0.39 is 5.54 Å². The molecule has 29 heavy (non-hydrogen) atoms. The van der Waals surface area contributed by atoms with Gasteiger partial charge in [0.25, 0.3) is 5.91 Å². The van der Waals surface area contributed by atoms with Crippen molar-refractivity contribution in [1.29, 1.82) is 0 Å². The first-order chi connectivity index (χ1) is 13.6. The van der Waals surface area contributed by atoms with Crippen LogP contribution >= 0.6 is 43.2 Å². The maximum absolute atomic E-state index is 12.0. The fourth-order valence-corrected chi connectivity index (χ4v) is 5.15. The lowest BCUT2D eigenvalue weighted by Crippen LogP contribution is -2.46. The van der Waals surface area contributed by atoms with E-state index in [9.17, 15) is 9.59 Å². The number of thiophene rings is 1. The van der Waals surface area contributed by atoms with Gasteiger partial charge in [0.15, 0.2) is 0 Å². The van der Waals surface area contributed by atoms with Crippen molar-refractivity contribution in [1.82, 2.24) is 25.1 Å². The third-order valence-corrected chi connectivity index (χ3v) is 7.08. The molecule has 0 bridgehead atoms. The molecule has 0 aromatic carbocycles. The molecule has 2 aromatic rings. The number of hydrogen-bond acceptors (Lipinski definition) is 7. The molecular formula is C18H22Br2N6O2S. The van der Waals surface area contributed by atoms with Crippen molar-refractivity contribution < 1.29 is 9.59 Å². The van der Waals surface area contributed by atoms with Crippen molar-refractivity contribution in [2.75, 3.05) is 32.5 Å². The minimum Gasteiger partial charge on any atom is -0.352 e. The van der Waals surface area contributed by atoms with Crippen LogP contribution in [0.1, 0.15) is 19.4 Å². The normalized spacial score (nSPS) is 15.9. The topological polar surface area (TPSA) is 90.5 Å². The van der Waals surface area contributed by atoms with E-state index in [1.165, 1.54) is 10.5 Å². The van der Waals surface area contributed by atoms with E-state index >= 15 is 0 Å². The van der Waals surface area contributed by atoms with Crippen LogP contribution in [0.25, 0.3) is 10.6 Å². The number of anilines is 1. The van der Waals surface area contributed by atoms with Crippen molar-refractivity contribution in [2.45, 2.75) is 25.9 Å². The summed E-state index contributed by atoms with van der Waals surface area (Å²) in [7, 11) is 4.06. The van der Waals surface area contributed by atoms with Gasteiger partial charge in [-0.25, -0.2) is 14.8 Å². The number of aromatic nitrogens is 2. The van der Waals surface area contributed by atoms with Gasteiger partial charge in [-0.3, -0.25) is 10.1 Å². The smallest absolute Gasteiger partial charge is 0.325 e. The Morgan fingerprint density at radius 2 is 2.03 bits per heavy atom. The molecule has 8 nitrogen and oxygen atoms in total. The van der Waals surface area contributed by atoms with Crippen LogP contribution in [-0.4, -0.2) is 64.4 Å². The van der Waals surface area contributed by atoms with E-state index in [2.05, 4.69) is 63.4 Å². The molecule has 1 saturated heterocycles. The van der Waals surface area contributed by atoms with Gasteiger partial charge in [0.1, 0.15) is 11.2 Å². The number of imide groups is 1. The number of carbonyl (C=O) groups is 2. The standard InChI is InChI=1S/C18H22Br2N6O2S/c1-18(2)15(27)24-17(28)26(18)6-5-21-16-22-8-11(19)13(23-16)12-7-10(9-25(3)4)14(20)29-12/h7-8H,5-6,9H2,1-4H3,(H,21,22,23)(H,24,27,28). The SMILES string of the molecule is CN(C)Cc1cc(-c2nc(NCCN3C(=O)NC(=O)C3(C)C)ncc2Br)sc1Br. The van der Waals surface area contributed by atoms with Crippen LogP contribution in [0, 0.1) is 0 Å². The lowest BCUT2D eigenvalue weighted by atomic mass is 10.0. The number of carbonyl (C=O) groups excluding carboxylic acids is 2. The van der Waals surface area contributed by atoms with Crippen molar-refractivity contribution in [2.24, 2.45) is 0 Å². The second-order valence-corrected chi connectivity index (χ2v) is 10.7. The van der Waals surface area contributed by atoms with E-state index in [1.807, 2.05) is 14.1 Å². The summed E-state index contributed by atoms with van der Waals surface area (Å²) in [5.41, 5.74) is 1.13. The Morgan fingerprint density at radius 1 is 1.31 bits per heavy atom. The lowest BCUT2D eigenvalue weighted by molar-refractivity contribution is -0.125. The third kappa shape index (κ3) is 4.79. The molecule has 1 aliphatic rings. The summed E-state index contributed by atoms with van der Waals surface area (Å²) in [6, 6.07) is 1.74. The quantitative estimate of drug-likeness (QED) is 0.517. The maximum atomic E-state index is 12.0. The van der Waals surface area contributed by atoms with Crippen molar-refractivity contribution in [3.63, 3.8) is 0 Å². The van der Waals surface area contributed by atoms with E-state index in [4.69, 9.17) is 0 Å². The Morgan fingerprint density at radius 3 is 2.66 bits per heavy atom. The summed E-state index contributed by atoms with van der Waals surface area (Å²) >= 11 is 8.79. The molecular weight excluding hydrogens is 524 g/mol. The Bertz CT molecular complexity index is 946. The van der Waals surface area contributed by atoms with Crippen LogP contribution in [0.4, 0.5) is 10.7 Å². The van der Waals surface area contributed by atoms with E-state index in [0.29, 0.717) is 19.0 Å². The molecule has 0 saturated carbocycles. The fourth-order valence-electron chi connectivity index (χ4n) is 2.95. The van der Waals surface area contributed by atoms with Crippen LogP contribution in [0.3, 0.4) is 0 Å². The van der Waals surface area contributed by atoms with Gasteiger partial charge in [-0.2, -0.15) is 0 Å². The average molecular weight is 546 g/mol. The molecule has 0 aliphatic carbocycles. The predicted molar refractivity (Wildman–Crippen MR) is 121 cm³/mol. The van der Waals surface area contributed by atoms with Gasteiger partial charge in [-0.05, 0) is 71.4 Å². The second-order valence-electron chi connectivity index (χ2n) is 7.43. The first kappa shape index (κ1) is 22.1. The Balaban J connectivity index is 1.71. The molecule has 2 N–H and O–H groups in total. The zero-order chi connectivity index (χ0) is 21.3. The summed E-state index contributed by atoms with van der Waals surface area (Å²) in [4.78, 5) is 37.4. The molecule has 0 spiro atoms. The van der Waals surface area contributed by atoms with Crippen molar-refractivity contribution in [3.05, 3.63) is 26.1 Å². The number of hydrogen-bond donors (Lipinski definition) is 2. The first-order valence-corrected chi connectivity index (χ1v) is 11.3. The monoisotopic (exact) mass is 544 g/mol. The van der Waals surface area contributed by atoms with Crippen LogP contribution in [-0.2, 0) is 11.3 Å². The Kier molecular flexibility index (Phi) is 6.61. The number of halogens is 2. The van der Waals surface area contributed by atoms with Gasteiger partial charge in [0.05, 0.1) is 13.1 Å². The Hall–Kier alpha value is -1.56. The van der Waals surface area contributed by atoms with Crippen LogP contribution in [0.5, 0.6) is 0 Å². The summed E-state index contributed by atoms with van der Waals surface area (Å²) < 4.78 is 1.88. The minimum absolute atomic E-state index is 0.290. The van der Waals surface area contributed by atoms with Gasteiger partial charge in [-0.15, -0.1) is 11.3 Å². The van der Waals surface area contributed by atoms with Gasteiger partial charge in [0, 0.05) is 25.8 Å². The molecule has 3 heterocycles. The molecule has 1 aliphatic heterocycles. The largest absolute Gasteiger partial charge is 0.352 e. The van der Waals surface area contributed by atoms with Crippen LogP contribution < -0.4 is 10.6 Å². The predicted octanol–water partition coefficient (Wildman–Crippen LogP) is 3.53. The Labute approximate surface area is 190 Å². The van der Waals surface area contributed by atoms with E-state index in [1.54, 1.807) is 31.4 Å². The average Bonchev–Trinajstić information content (AvgIpc) is 3.07. The highest BCUT2D eigenvalue weighted by Gasteiger charge is 2.45. The van der Waals surface area contributed by atoms with E-state index in [-0.39, 0.29) is 11.9 Å². The molecule has 1 fully saturated rings. The fraction of sp³-hybridized carbons (Fsp3) is 0.444. The highest BCUT2D eigenvalue weighted by atomic mass is 79.9.